The van der Waals surface area contributed by atoms with Gasteiger partial charge in [-0.2, -0.15) is 0 Å². The Labute approximate surface area is 109 Å². The van der Waals surface area contributed by atoms with Crippen molar-refractivity contribution in [3.8, 4) is 0 Å². The quantitative estimate of drug-likeness (QED) is 0.408. The van der Waals surface area contributed by atoms with E-state index in [9.17, 15) is 4.79 Å². The number of halogens is 1. The maximum absolute atomic E-state index is 10.8. The van der Waals surface area contributed by atoms with Crippen LogP contribution in [0.1, 0.15) is 12.0 Å². The Balaban J connectivity index is 0.00000256. The summed E-state index contributed by atoms with van der Waals surface area (Å²) in [5.41, 5.74) is 1.33. The fourth-order valence-electron chi connectivity index (χ4n) is 1.41. The molecule has 0 heterocycles. The molecule has 0 saturated heterocycles. The predicted octanol–water partition coefficient (Wildman–Crippen LogP) is -2.55. The second kappa shape index (κ2) is 9.87. The molecule has 0 saturated carbocycles. The first-order valence-corrected chi connectivity index (χ1v) is 5.59. The van der Waals surface area contributed by atoms with Gasteiger partial charge in [0.2, 0.25) is 5.91 Å². The summed E-state index contributed by atoms with van der Waals surface area (Å²) in [6.45, 7) is 6.13. The van der Waals surface area contributed by atoms with Crippen LogP contribution in [-0.4, -0.2) is 19.0 Å². The minimum absolute atomic E-state index is 0. The molecule has 1 rings (SSSR count). The van der Waals surface area contributed by atoms with Crippen LogP contribution < -0.4 is 23.0 Å². The number of benzene rings is 1. The second-order valence-corrected chi connectivity index (χ2v) is 3.62. The number of hydrogen-bond donors (Lipinski definition) is 2. The molecule has 0 radical (unpaired) electrons. The average Bonchev–Trinajstić information content (AvgIpc) is 2.34. The van der Waals surface area contributed by atoms with Gasteiger partial charge in [0.25, 0.3) is 0 Å². The molecule has 0 aliphatic carbocycles. The molecule has 4 heteroatoms. The van der Waals surface area contributed by atoms with Gasteiger partial charge in [-0.25, -0.2) is 0 Å². The van der Waals surface area contributed by atoms with Crippen LogP contribution in [0.15, 0.2) is 43.0 Å². The Morgan fingerprint density at radius 2 is 2.06 bits per heavy atom. The van der Waals surface area contributed by atoms with Crippen LogP contribution in [0.2, 0.25) is 0 Å². The maximum Gasteiger partial charge on any atom is 0.243 e. The summed E-state index contributed by atoms with van der Waals surface area (Å²) in [7, 11) is 0. The molecule has 0 atom stereocenters. The molecule has 0 unspecified atom stereocenters. The summed E-state index contributed by atoms with van der Waals surface area (Å²) < 4.78 is 0. The van der Waals surface area contributed by atoms with E-state index in [-0.39, 0.29) is 18.3 Å². The van der Waals surface area contributed by atoms with Gasteiger partial charge in [-0.15, -0.1) is 0 Å². The second-order valence-electron chi connectivity index (χ2n) is 3.62. The van der Waals surface area contributed by atoms with Crippen LogP contribution in [0.3, 0.4) is 0 Å². The number of amides is 1. The maximum atomic E-state index is 10.8. The summed E-state index contributed by atoms with van der Waals surface area (Å²) in [5.74, 6) is -0.0944. The molecule has 0 spiro atoms. The van der Waals surface area contributed by atoms with Crippen molar-refractivity contribution < 1.29 is 22.5 Å². The van der Waals surface area contributed by atoms with Gasteiger partial charge < -0.3 is 23.0 Å². The fraction of sp³-hybridized carbons (Fsp3) is 0.308. The molecule has 0 fully saturated rings. The van der Waals surface area contributed by atoms with Gasteiger partial charge in [0.1, 0.15) is 6.54 Å². The Hall–Kier alpha value is -1.32. The van der Waals surface area contributed by atoms with E-state index in [2.05, 4.69) is 29.3 Å². The van der Waals surface area contributed by atoms with Gasteiger partial charge in [-0.05, 0) is 6.08 Å². The minimum Gasteiger partial charge on any atom is -1.00 e. The zero-order valence-electron chi connectivity index (χ0n) is 9.86. The third-order valence-electron chi connectivity index (χ3n) is 2.29. The lowest BCUT2D eigenvalue weighted by Gasteiger charge is -2.02. The number of quaternary nitrogens is 1. The van der Waals surface area contributed by atoms with Crippen LogP contribution in [0.25, 0.3) is 0 Å². The molecule has 0 aliphatic rings. The fourth-order valence-corrected chi connectivity index (χ4v) is 1.41. The topological polar surface area (TPSA) is 45.7 Å². The number of hydrogen-bond acceptors (Lipinski definition) is 1. The summed E-state index contributed by atoms with van der Waals surface area (Å²) >= 11 is 0. The zero-order valence-corrected chi connectivity index (χ0v) is 10.6. The highest BCUT2D eigenvalue weighted by Crippen LogP contribution is 1.94. The van der Waals surface area contributed by atoms with Crippen molar-refractivity contribution in [3.63, 3.8) is 0 Å². The van der Waals surface area contributed by atoms with E-state index in [0.717, 1.165) is 26.1 Å². The minimum atomic E-state index is -0.0944. The lowest BCUT2D eigenvalue weighted by Crippen LogP contribution is -3.00. The van der Waals surface area contributed by atoms with E-state index in [1.165, 1.54) is 11.6 Å². The summed E-state index contributed by atoms with van der Waals surface area (Å²) in [6.07, 6.45) is 2.28. The third kappa shape index (κ3) is 7.55. The Bertz CT molecular complexity index is 327. The lowest BCUT2D eigenvalue weighted by atomic mass is 10.2. The third-order valence-corrected chi connectivity index (χ3v) is 2.29. The number of rotatable bonds is 7. The molecule has 1 amide bonds. The molecule has 3 nitrogen and oxygen atoms in total. The highest BCUT2D eigenvalue weighted by Gasteiger charge is 1.95. The Morgan fingerprint density at radius 1 is 1.35 bits per heavy atom. The molecule has 0 bridgehead atoms. The molecular weight excluding hydrogens is 236 g/mol. The van der Waals surface area contributed by atoms with Crippen molar-refractivity contribution in [3.05, 3.63) is 48.6 Å². The van der Waals surface area contributed by atoms with Crippen LogP contribution in [0, 0.1) is 0 Å². The van der Waals surface area contributed by atoms with Crippen molar-refractivity contribution in [2.75, 3.05) is 13.1 Å². The zero-order chi connectivity index (χ0) is 11.6. The SMILES string of the molecule is C=CC(=O)NCCC[NH2+]Cc1ccccc1.[Cl-]. The molecule has 0 aliphatic heterocycles. The first kappa shape index (κ1) is 15.7. The number of nitrogens with two attached hydrogens (primary N) is 1. The normalized spacial score (nSPS) is 9.18. The molecule has 17 heavy (non-hydrogen) atoms. The highest BCUT2D eigenvalue weighted by atomic mass is 35.5. The van der Waals surface area contributed by atoms with Crippen molar-refractivity contribution >= 4 is 5.91 Å². The van der Waals surface area contributed by atoms with Gasteiger partial charge in [0.05, 0.1) is 6.54 Å². The lowest BCUT2D eigenvalue weighted by molar-refractivity contribution is -0.670. The van der Waals surface area contributed by atoms with Crippen molar-refractivity contribution in [1.29, 1.82) is 0 Å². The van der Waals surface area contributed by atoms with Crippen LogP contribution in [0.5, 0.6) is 0 Å². The van der Waals surface area contributed by atoms with Gasteiger partial charge in [0.15, 0.2) is 0 Å². The number of carbonyl (C=O) groups excluding carboxylic acids is 1. The average molecular weight is 255 g/mol. The summed E-state index contributed by atoms with van der Waals surface area (Å²) in [5, 5.41) is 5.00. The van der Waals surface area contributed by atoms with Crippen LogP contribution in [0.4, 0.5) is 0 Å². The van der Waals surface area contributed by atoms with E-state index in [1.807, 2.05) is 18.2 Å². The van der Waals surface area contributed by atoms with Crippen molar-refractivity contribution in [1.82, 2.24) is 5.32 Å². The first-order valence-electron chi connectivity index (χ1n) is 5.59. The number of nitrogens with one attached hydrogen (secondary N) is 1. The van der Waals surface area contributed by atoms with Crippen molar-refractivity contribution in [2.24, 2.45) is 0 Å². The highest BCUT2D eigenvalue weighted by molar-refractivity contribution is 5.86. The van der Waals surface area contributed by atoms with Gasteiger partial charge in [-0.3, -0.25) is 4.79 Å². The van der Waals surface area contributed by atoms with Gasteiger partial charge >= 0.3 is 0 Å². The Morgan fingerprint density at radius 3 is 2.71 bits per heavy atom. The van der Waals surface area contributed by atoms with E-state index in [0.29, 0.717) is 0 Å². The Kier molecular flexibility index (Phi) is 9.11. The van der Waals surface area contributed by atoms with Crippen LogP contribution in [-0.2, 0) is 11.3 Å². The van der Waals surface area contributed by atoms with E-state index >= 15 is 0 Å². The predicted molar refractivity (Wildman–Crippen MR) is 64.8 cm³/mol. The molecule has 0 aromatic heterocycles. The number of carbonyl (C=O) groups is 1. The molecule has 1 aromatic carbocycles. The largest absolute Gasteiger partial charge is 1.00 e. The summed E-state index contributed by atoms with van der Waals surface area (Å²) in [6, 6.07) is 10.4. The standard InChI is InChI=1S/C13H18N2O.ClH/c1-2-13(16)15-10-6-9-14-11-12-7-4-3-5-8-12;/h2-5,7-8,14H,1,6,9-11H2,(H,15,16);1H. The monoisotopic (exact) mass is 254 g/mol. The molecule has 94 valence electrons. The van der Waals surface area contributed by atoms with Crippen LogP contribution >= 0.6 is 0 Å². The van der Waals surface area contributed by atoms with Gasteiger partial charge in [-0.1, -0.05) is 36.9 Å². The smallest absolute Gasteiger partial charge is 0.243 e. The summed E-state index contributed by atoms with van der Waals surface area (Å²) in [4.78, 5) is 10.8. The van der Waals surface area contributed by atoms with E-state index in [1.54, 1.807) is 0 Å². The van der Waals surface area contributed by atoms with Gasteiger partial charge in [0, 0.05) is 18.5 Å². The van der Waals surface area contributed by atoms with Crippen molar-refractivity contribution in [2.45, 2.75) is 13.0 Å². The van der Waals surface area contributed by atoms with E-state index < -0.39 is 0 Å². The molecule has 3 N–H and O–H groups in total. The molecular formula is C13H19ClN2O. The molecule has 1 aromatic rings. The van der Waals surface area contributed by atoms with E-state index in [4.69, 9.17) is 0 Å². The first-order chi connectivity index (χ1) is 7.83.